The molecule has 5 nitrogen and oxygen atoms in total. The molecule has 0 saturated carbocycles. The van der Waals surface area contributed by atoms with Gasteiger partial charge in [0.25, 0.3) is 0 Å². The summed E-state index contributed by atoms with van der Waals surface area (Å²) >= 11 is 4.82. The van der Waals surface area contributed by atoms with Gasteiger partial charge in [0.05, 0.1) is 11.6 Å². The molecule has 0 aromatic heterocycles. The van der Waals surface area contributed by atoms with Crippen LogP contribution in [0.2, 0.25) is 0 Å². The van der Waals surface area contributed by atoms with E-state index in [0.717, 1.165) is 6.42 Å². The van der Waals surface area contributed by atoms with Gasteiger partial charge in [0.2, 0.25) is 5.91 Å². The first-order chi connectivity index (χ1) is 8.61. The van der Waals surface area contributed by atoms with Crippen LogP contribution in [0.3, 0.4) is 0 Å². The topological polar surface area (TPSA) is 64.8 Å². The molecule has 0 aromatic carbocycles. The van der Waals surface area contributed by atoms with Crippen molar-refractivity contribution in [2.45, 2.75) is 26.2 Å². The van der Waals surface area contributed by atoms with Gasteiger partial charge in [0, 0.05) is 46.3 Å². The molecule has 0 unspecified atom stereocenters. The lowest BCUT2D eigenvalue weighted by molar-refractivity contribution is -0.132. The van der Waals surface area contributed by atoms with E-state index in [1.165, 1.54) is 0 Å². The Morgan fingerprint density at radius 3 is 2.56 bits per heavy atom. The molecule has 0 atom stereocenters. The number of methoxy groups -OCH3 is 1. The Kier molecular flexibility index (Phi) is 10.9. The zero-order valence-electron chi connectivity index (χ0n) is 11.3. The number of hydrogen-bond donors (Lipinski definition) is 1. The van der Waals surface area contributed by atoms with E-state index in [1.807, 2.05) is 6.92 Å². The van der Waals surface area contributed by atoms with Crippen molar-refractivity contribution in [3.05, 3.63) is 0 Å². The first kappa shape index (κ1) is 17.3. The Balaban J connectivity index is 4.00. The van der Waals surface area contributed by atoms with Crippen molar-refractivity contribution in [3.63, 3.8) is 0 Å². The summed E-state index contributed by atoms with van der Waals surface area (Å²) in [5.41, 5.74) is 5.45. The third-order valence-corrected chi connectivity index (χ3v) is 2.63. The highest BCUT2D eigenvalue weighted by Crippen LogP contribution is 2.01. The van der Waals surface area contributed by atoms with Crippen LogP contribution in [0.5, 0.6) is 0 Å². The lowest BCUT2D eigenvalue weighted by Gasteiger charge is -2.22. The first-order valence-electron chi connectivity index (χ1n) is 6.24. The van der Waals surface area contributed by atoms with Gasteiger partial charge in [-0.05, 0) is 13.3 Å². The molecule has 0 aromatic rings. The highest BCUT2D eigenvalue weighted by atomic mass is 32.1. The fourth-order valence-corrected chi connectivity index (χ4v) is 1.53. The van der Waals surface area contributed by atoms with Crippen molar-refractivity contribution < 1.29 is 14.3 Å². The number of thiocarbonyl (C=S) groups is 1. The second kappa shape index (κ2) is 11.4. The van der Waals surface area contributed by atoms with Crippen LogP contribution in [0.4, 0.5) is 0 Å². The molecule has 2 N–H and O–H groups in total. The molecule has 0 spiro atoms. The summed E-state index contributed by atoms with van der Waals surface area (Å²) in [6, 6.07) is 0. The summed E-state index contributed by atoms with van der Waals surface area (Å²) in [7, 11) is 1.62. The Labute approximate surface area is 115 Å². The molecule has 18 heavy (non-hydrogen) atoms. The maximum absolute atomic E-state index is 12.0. The van der Waals surface area contributed by atoms with Gasteiger partial charge in [-0.25, -0.2) is 0 Å². The van der Waals surface area contributed by atoms with E-state index >= 15 is 0 Å². The molecule has 0 rings (SSSR count). The molecule has 0 fully saturated rings. The fourth-order valence-electron chi connectivity index (χ4n) is 1.44. The number of carbonyl (C=O) groups is 1. The summed E-state index contributed by atoms with van der Waals surface area (Å²) in [6.45, 7) is 4.90. The fraction of sp³-hybridized carbons (Fsp3) is 0.833. The SMILES string of the molecule is CCOCCCC(=O)N(CCOC)CCC(N)=S. The minimum atomic E-state index is 0.100. The van der Waals surface area contributed by atoms with E-state index in [4.69, 9.17) is 27.4 Å². The number of carbonyl (C=O) groups excluding carboxylic acids is 1. The van der Waals surface area contributed by atoms with Crippen molar-refractivity contribution >= 4 is 23.1 Å². The smallest absolute Gasteiger partial charge is 0.222 e. The van der Waals surface area contributed by atoms with Gasteiger partial charge in [-0.1, -0.05) is 12.2 Å². The normalized spacial score (nSPS) is 10.3. The van der Waals surface area contributed by atoms with Gasteiger partial charge < -0.3 is 20.1 Å². The van der Waals surface area contributed by atoms with Crippen LogP contribution in [0.1, 0.15) is 26.2 Å². The van der Waals surface area contributed by atoms with Gasteiger partial charge >= 0.3 is 0 Å². The highest BCUT2D eigenvalue weighted by molar-refractivity contribution is 7.80. The maximum atomic E-state index is 12.0. The minimum absolute atomic E-state index is 0.100. The number of rotatable bonds is 11. The van der Waals surface area contributed by atoms with Crippen molar-refractivity contribution in [2.75, 3.05) is 40.0 Å². The third-order valence-electron chi connectivity index (χ3n) is 2.43. The Bertz CT molecular complexity index is 249. The van der Waals surface area contributed by atoms with E-state index in [-0.39, 0.29) is 5.91 Å². The van der Waals surface area contributed by atoms with E-state index < -0.39 is 0 Å². The van der Waals surface area contributed by atoms with E-state index in [9.17, 15) is 4.79 Å². The van der Waals surface area contributed by atoms with Crippen LogP contribution in [-0.2, 0) is 14.3 Å². The second-order valence-electron chi connectivity index (χ2n) is 3.89. The van der Waals surface area contributed by atoms with E-state index in [1.54, 1.807) is 12.0 Å². The predicted octanol–water partition coefficient (Wildman–Crippen LogP) is 0.954. The molecular weight excluding hydrogens is 252 g/mol. The Morgan fingerprint density at radius 1 is 1.28 bits per heavy atom. The summed E-state index contributed by atoms with van der Waals surface area (Å²) in [4.78, 5) is 14.1. The summed E-state index contributed by atoms with van der Waals surface area (Å²) < 4.78 is 10.2. The Hall–Kier alpha value is -0.720. The largest absolute Gasteiger partial charge is 0.393 e. The van der Waals surface area contributed by atoms with Gasteiger partial charge in [-0.3, -0.25) is 4.79 Å². The molecular formula is C12H24N2O3S. The molecule has 0 aliphatic rings. The summed E-state index contributed by atoms with van der Waals surface area (Å²) in [6.07, 6.45) is 1.78. The quantitative estimate of drug-likeness (QED) is 0.450. The zero-order valence-corrected chi connectivity index (χ0v) is 12.1. The molecule has 0 bridgehead atoms. The van der Waals surface area contributed by atoms with Crippen molar-refractivity contribution in [1.82, 2.24) is 4.90 Å². The molecule has 106 valence electrons. The summed E-state index contributed by atoms with van der Waals surface area (Å²) in [5.74, 6) is 0.100. The molecule has 1 amide bonds. The lowest BCUT2D eigenvalue weighted by atomic mass is 10.2. The molecule has 0 aliphatic carbocycles. The van der Waals surface area contributed by atoms with Crippen LogP contribution < -0.4 is 5.73 Å². The van der Waals surface area contributed by atoms with Crippen LogP contribution in [0.15, 0.2) is 0 Å². The highest BCUT2D eigenvalue weighted by Gasteiger charge is 2.12. The summed E-state index contributed by atoms with van der Waals surface area (Å²) in [5, 5.41) is 0. The lowest BCUT2D eigenvalue weighted by Crippen LogP contribution is -2.36. The predicted molar refractivity (Wildman–Crippen MR) is 75.6 cm³/mol. The molecule has 0 aliphatic heterocycles. The van der Waals surface area contributed by atoms with Crippen LogP contribution in [-0.4, -0.2) is 55.8 Å². The number of hydrogen-bond acceptors (Lipinski definition) is 4. The average Bonchev–Trinajstić information content (AvgIpc) is 2.34. The average molecular weight is 276 g/mol. The van der Waals surface area contributed by atoms with Crippen molar-refractivity contribution in [2.24, 2.45) is 5.73 Å². The maximum Gasteiger partial charge on any atom is 0.222 e. The first-order valence-corrected chi connectivity index (χ1v) is 6.65. The van der Waals surface area contributed by atoms with Crippen LogP contribution in [0, 0.1) is 0 Å². The third kappa shape index (κ3) is 9.32. The van der Waals surface area contributed by atoms with E-state index in [2.05, 4.69) is 0 Å². The van der Waals surface area contributed by atoms with Crippen molar-refractivity contribution in [3.8, 4) is 0 Å². The van der Waals surface area contributed by atoms with Gasteiger partial charge in [0.15, 0.2) is 0 Å². The molecule has 0 saturated heterocycles. The standard InChI is InChI=1S/C12H24N2O3S/c1-3-17-9-4-5-12(15)14(8-10-16-2)7-6-11(13)18/h3-10H2,1-2H3,(H2,13,18). The van der Waals surface area contributed by atoms with E-state index in [0.29, 0.717) is 50.7 Å². The molecule has 0 radical (unpaired) electrons. The Morgan fingerprint density at radius 2 is 2.00 bits per heavy atom. The number of amides is 1. The number of nitrogens with zero attached hydrogens (tertiary/aromatic N) is 1. The number of nitrogens with two attached hydrogens (primary N) is 1. The van der Waals surface area contributed by atoms with Gasteiger partial charge in [-0.15, -0.1) is 0 Å². The zero-order chi connectivity index (χ0) is 13.8. The van der Waals surface area contributed by atoms with Crippen LogP contribution >= 0.6 is 12.2 Å². The molecule has 6 heteroatoms. The number of ether oxygens (including phenoxy) is 2. The monoisotopic (exact) mass is 276 g/mol. The second-order valence-corrected chi connectivity index (χ2v) is 4.41. The van der Waals surface area contributed by atoms with Gasteiger partial charge in [-0.2, -0.15) is 0 Å². The van der Waals surface area contributed by atoms with Crippen molar-refractivity contribution in [1.29, 1.82) is 0 Å². The molecule has 0 heterocycles. The minimum Gasteiger partial charge on any atom is -0.393 e. The van der Waals surface area contributed by atoms with Crippen LogP contribution in [0.25, 0.3) is 0 Å². The van der Waals surface area contributed by atoms with Gasteiger partial charge in [0.1, 0.15) is 0 Å².